The highest BCUT2D eigenvalue weighted by Crippen LogP contribution is 2.24. The van der Waals surface area contributed by atoms with Crippen LogP contribution in [0.4, 0.5) is 15.8 Å². The number of hydrogen-bond acceptors (Lipinski definition) is 2. The maximum Gasteiger partial charge on any atom is 0.260 e. The summed E-state index contributed by atoms with van der Waals surface area (Å²) >= 11 is 5.98. The smallest absolute Gasteiger partial charge is 0.260 e. The Morgan fingerprint density at radius 2 is 1.90 bits per heavy atom. The third-order valence-electron chi connectivity index (χ3n) is 3.18. The number of carbonyl (C=O) groups excluding carboxylic acids is 1. The summed E-state index contributed by atoms with van der Waals surface area (Å²) in [4.78, 5) is 14.3. The topological polar surface area (TPSA) is 32.3 Å². The van der Waals surface area contributed by atoms with E-state index in [1.54, 1.807) is 42.3 Å². The first-order valence-corrected chi connectivity index (χ1v) is 6.99. The lowest BCUT2D eigenvalue weighted by atomic mass is 10.1. The van der Waals surface area contributed by atoms with Gasteiger partial charge in [-0.05, 0) is 49.4 Å². The van der Waals surface area contributed by atoms with Crippen molar-refractivity contribution >= 4 is 28.9 Å². The van der Waals surface area contributed by atoms with E-state index in [2.05, 4.69) is 5.32 Å². The van der Waals surface area contributed by atoms with Crippen LogP contribution < -0.4 is 10.2 Å². The Morgan fingerprint density at radius 1 is 1.24 bits per heavy atom. The number of halogens is 2. The zero-order valence-electron chi connectivity index (χ0n) is 11.9. The number of benzene rings is 2. The molecule has 2 rings (SSSR count). The van der Waals surface area contributed by atoms with Crippen molar-refractivity contribution in [2.24, 2.45) is 0 Å². The van der Waals surface area contributed by atoms with Crippen molar-refractivity contribution in [1.82, 2.24) is 0 Å². The van der Waals surface area contributed by atoms with Gasteiger partial charge in [0.15, 0.2) is 0 Å². The van der Waals surface area contributed by atoms with Crippen LogP contribution in [-0.4, -0.2) is 19.5 Å². The van der Waals surface area contributed by atoms with E-state index in [1.807, 2.05) is 6.92 Å². The highest BCUT2D eigenvalue weighted by atomic mass is 35.5. The molecule has 0 bridgehead atoms. The first kappa shape index (κ1) is 15.3. The molecular formula is C16H16ClFN2O. The maximum atomic E-state index is 13.0. The minimum atomic E-state index is -0.332. The third kappa shape index (κ3) is 3.34. The highest BCUT2D eigenvalue weighted by molar-refractivity contribution is 6.31. The summed E-state index contributed by atoms with van der Waals surface area (Å²) in [5.74, 6) is -0.517. The van der Waals surface area contributed by atoms with Crippen LogP contribution in [0.3, 0.4) is 0 Å². The number of carbonyl (C=O) groups is 1. The van der Waals surface area contributed by atoms with Crippen molar-refractivity contribution in [2.45, 2.75) is 6.92 Å². The number of rotatable bonds is 4. The number of nitrogens with one attached hydrogen (secondary N) is 1. The van der Waals surface area contributed by atoms with Gasteiger partial charge in [-0.15, -0.1) is 0 Å². The molecular weight excluding hydrogens is 291 g/mol. The van der Waals surface area contributed by atoms with Crippen LogP contribution >= 0.6 is 11.6 Å². The summed E-state index contributed by atoms with van der Waals surface area (Å²) in [5, 5.41) is 3.47. The molecule has 2 aromatic carbocycles. The quantitative estimate of drug-likeness (QED) is 0.918. The van der Waals surface area contributed by atoms with E-state index < -0.39 is 0 Å². The molecule has 0 fully saturated rings. The van der Waals surface area contributed by atoms with Crippen LogP contribution in [0.1, 0.15) is 17.3 Å². The van der Waals surface area contributed by atoms with Gasteiger partial charge in [-0.25, -0.2) is 4.39 Å². The zero-order valence-corrected chi connectivity index (χ0v) is 12.6. The average Bonchev–Trinajstić information content (AvgIpc) is 2.49. The molecule has 0 unspecified atom stereocenters. The average molecular weight is 307 g/mol. The summed E-state index contributed by atoms with van der Waals surface area (Å²) < 4.78 is 13.0. The van der Waals surface area contributed by atoms with Crippen molar-refractivity contribution in [1.29, 1.82) is 0 Å². The number of anilines is 2. The summed E-state index contributed by atoms with van der Waals surface area (Å²) in [7, 11) is 1.74. The fourth-order valence-electron chi connectivity index (χ4n) is 2.12. The van der Waals surface area contributed by atoms with Crippen molar-refractivity contribution in [3.8, 4) is 0 Å². The predicted octanol–water partition coefficient (Wildman–Crippen LogP) is 4.19. The van der Waals surface area contributed by atoms with Crippen LogP contribution in [0.5, 0.6) is 0 Å². The van der Waals surface area contributed by atoms with Gasteiger partial charge in [0.1, 0.15) is 5.82 Å². The summed E-state index contributed by atoms with van der Waals surface area (Å²) in [6.45, 7) is 2.34. The lowest BCUT2D eigenvalue weighted by Crippen LogP contribution is -2.31. The predicted molar refractivity (Wildman–Crippen MR) is 84.7 cm³/mol. The molecule has 2 aromatic rings. The Balaban J connectivity index is 2.41. The molecule has 0 saturated heterocycles. The van der Waals surface area contributed by atoms with Gasteiger partial charge in [-0.2, -0.15) is 0 Å². The van der Waals surface area contributed by atoms with Crippen molar-refractivity contribution in [3.05, 3.63) is 58.9 Å². The minimum absolute atomic E-state index is 0.184. The number of hydrogen-bond donors (Lipinski definition) is 1. The molecule has 0 radical (unpaired) electrons. The largest absolute Gasteiger partial charge is 0.387 e. The first-order chi connectivity index (χ1) is 10.1. The van der Waals surface area contributed by atoms with Crippen molar-refractivity contribution in [2.75, 3.05) is 23.8 Å². The van der Waals surface area contributed by atoms with Gasteiger partial charge >= 0.3 is 0 Å². The molecule has 0 aliphatic carbocycles. The summed E-state index contributed by atoms with van der Waals surface area (Å²) in [6, 6.07) is 10.9. The Hall–Kier alpha value is -2.07. The fourth-order valence-corrected chi connectivity index (χ4v) is 2.29. The van der Waals surface area contributed by atoms with Crippen LogP contribution in [0.15, 0.2) is 42.5 Å². The molecule has 1 amide bonds. The number of nitrogens with zero attached hydrogens (tertiary/aromatic N) is 1. The van der Waals surface area contributed by atoms with Gasteiger partial charge in [0.25, 0.3) is 5.91 Å². The SMILES string of the molecule is CCN(C(=O)c1cc(Cl)ccc1NC)c1ccc(F)cc1. The molecule has 5 heteroatoms. The molecule has 0 saturated carbocycles. The molecule has 21 heavy (non-hydrogen) atoms. The van der Waals surface area contributed by atoms with Crippen molar-refractivity contribution in [3.63, 3.8) is 0 Å². The van der Waals surface area contributed by atoms with E-state index in [9.17, 15) is 9.18 Å². The van der Waals surface area contributed by atoms with E-state index in [0.717, 1.165) is 0 Å². The lowest BCUT2D eigenvalue weighted by molar-refractivity contribution is 0.0989. The molecule has 0 aliphatic heterocycles. The first-order valence-electron chi connectivity index (χ1n) is 6.61. The molecule has 0 atom stereocenters. The van der Waals surface area contributed by atoms with Gasteiger partial charge in [0.05, 0.1) is 5.56 Å². The molecule has 0 aromatic heterocycles. The maximum absolute atomic E-state index is 13.0. The second-order valence-corrected chi connectivity index (χ2v) is 4.90. The van der Waals surface area contributed by atoms with E-state index in [0.29, 0.717) is 28.5 Å². The van der Waals surface area contributed by atoms with E-state index in [-0.39, 0.29) is 11.7 Å². The van der Waals surface area contributed by atoms with E-state index in [1.165, 1.54) is 12.1 Å². The highest BCUT2D eigenvalue weighted by Gasteiger charge is 2.19. The molecule has 0 aliphatic rings. The Kier molecular flexibility index (Phi) is 4.81. The Morgan fingerprint density at radius 3 is 2.48 bits per heavy atom. The van der Waals surface area contributed by atoms with Crippen LogP contribution in [-0.2, 0) is 0 Å². The molecule has 0 heterocycles. The van der Waals surface area contributed by atoms with Gasteiger partial charge in [0, 0.05) is 30.0 Å². The third-order valence-corrected chi connectivity index (χ3v) is 3.42. The second-order valence-electron chi connectivity index (χ2n) is 4.47. The summed E-state index contributed by atoms with van der Waals surface area (Å²) in [5.41, 5.74) is 1.83. The van der Waals surface area contributed by atoms with E-state index >= 15 is 0 Å². The lowest BCUT2D eigenvalue weighted by Gasteiger charge is -2.22. The standard InChI is InChI=1S/C16H16ClFN2O/c1-3-20(13-7-5-12(18)6-8-13)16(21)14-10-11(17)4-9-15(14)19-2/h4-10,19H,3H2,1-2H3. The van der Waals surface area contributed by atoms with Gasteiger partial charge in [-0.3, -0.25) is 4.79 Å². The molecule has 1 N–H and O–H groups in total. The molecule has 110 valence electrons. The Labute approximate surface area is 128 Å². The molecule has 0 spiro atoms. The zero-order chi connectivity index (χ0) is 15.4. The van der Waals surface area contributed by atoms with Crippen LogP contribution in [0.25, 0.3) is 0 Å². The second kappa shape index (κ2) is 6.59. The Bertz CT molecular complexity index is 643. The molecule has 3 nitrogen and oxygen atoms in total. The monoisotopic (exact) mass is 306 g/mol. The van der Waals surface area contributed by atoms with Gasteiger partial charge < -0.3 is 10.2 Å². The van der Waals surface area contributed by atoms with Crippen LogP contribution in [0.2, 0.25) is 5.02 Å². The van der Waals surface area contributed by atoms with Gasteiger partial charge in [0.2, 0.25) is 0 Å². The van der Waals surface area contributed by atoms with Crippen LogP contribution in [0, 0.1) is 5.82 Å². The normalized spacial score (nSPS) is 10.3. The van der Waals surface area contributed by atoms with Gasteiger partial charge in [-0.1, -0.05) is 11.6 Å². The minimum Gasteiger partial charge on any atom is -0.387 e. The summed E-state index contributed by atoms with van der Waals surface area (Å²) in [6.07, 6.45) is 0. The van der Waals surface area contributed by atoms with Crippen molar-refractivity contribution < 1.29 is 9.18 Å². The van der Waals surface area contributed by atoms with E-state index in [4.69, 9.17) is 11.6 Å². The number of amides is 1. The fraction of sp³-hybridized carbons (Fsp3) is 0.188.